The summed E-state index contributed by atoms with van der Waals surface area (Å²) in [7, 11) is 3.23. The van der Waals surface area contributed by atoms with E-state index in [-0.39, 0.29) is 12.1 Å². The molecule has 0 saturated heterocycles. The summed E-state index contributed by atoms with van der Waals surface area (Å²) in [6, 6.07) is -0.187. The van der Waals surface area contributed by atoms with E-state index in [4.69, 9.17) is 15.2 Å². The van der Waals surface area contributed by atoms with Crippen LogP contribution in [0.4, 0.5) is 4.79 Å². The van der Waals surface area contributed by atoms with Gasteiger partial charge in [0.2, 0.25) is 0 Å². The van der Waals surface area contributed by atoms with Crippen molar-refractivity contribution in [2.24, 2.45) is 5.73 Å². The standard InChI is InChI=1S/C10H22N2O3/c1-10(2,3)15-9(13)12(4)6-8(11)7-14-5/h8H,6-7,11H2,1-5H3. The smallest absolute Gasteiger partial charge is 0.410 e. The monoisotopic (exact) mass is 218 g/mol. The lowest BCUT2D eigenvalue weighted by Gasteiger charge is -2.26. The zero-order valence-corrected chi connectivity index (χ0v) is 10.2. The quantitative estimate of drug-likeness (QED) is 0.759. The summed E-state index contributed by atoms with van der Waals surface area (Å²) in [5.41, 5.74) is 5.24. The van der Waals surface area contributed by atoms with Gasteiger partial charge in [0.15, 0.2) is 0 Å². The third kappa shape index (κ3) is 7.16. The van der Waals surface area contributed by atoms with Gasteiger partial charge in [0.05, 0.1) is 6.61 Å². The number of rotatable bonds is 4. The van der Waals surface area contributed by atoms with Gasteiger partial charge in [-0.25, -0.2) is 4.79 Å². The molecule has 0 aliphatic heterocycles. The predicted octanol–water partition coefficient (Wildman–Crippen LogP) is 0.827. The van der Waals surface area contributed by atoms with Crippen molar-refractivity contribution in [2.45, 2.75) is 32.4 Å². The molecule has 0 aliphatic carbocycles. The fourth-order valence-corrected chi connectivity index (χ4v) is 1.03. The molecule has 0 aromatic rings. The average molecular weight is 218 g/mol. The maximum Gasteiger partial charge on any atom is 0.410 e. The molecule has 1 atom stereocenters. The van der Waals surface area contributed by atoms with Gasteiger partial charge in [-0.1, -0.05) is 0 Å². The summed E-state index contributed by atoms with van der Waals surface area (Å²) >= 11 is 0. The van der Waals surface area contributed by atoms with Crippen molar-refractivity contribution in [3.8, 4) is 0 Å². The van der Waals surface area contributed by atoms with Gasteiger partial charge in [-0.15, -0.1) is 0 Å². The highest BCUT2D eigenvalue weighted by Gasteiger charge is 2.20. The summed E-state index contributed by atoms with van der Waals surface area (Å²) in [5.74, 6) is 0. The van der Waals surface area contributed by atoms with Crippen molar-refractivity contribution in [1.82, 2.24) is 4.90 Å². The van der Waals surface area contributed by atoms with E-state index >= 15 is 0 Å². The Hall–Kier alpha value is -0.810. The van der Waals surface area contributed by atoms with Gasteiger partial charge in [-0.05, 0) is 20.8 Å². The molecular weight excluding hydrogens is 196 g/mol. The number of carbonyl (C=O) groups is 1. The number of carbonyl (C=O) groups excluding carboxylic acids is 1. The summed E-state index contributed by atoms with van der Waals surface area (Å²) < 4.78 is 10.1. The van der Waals surface area contributed by atoms with E-state index in [0.717, 1.165) is 0 Å². The lowest BCUT2D eigenvalue weighted by atomic mass is 10.2. The topological polar surface area (TPSA) is 64.8 Å². The molecule has 0 spiro atoms. The molecule has 5 heteroatoms. The number of hydrogen-bond acceptors (Lipinski definition) is 4. The average Bonchev–Trinajstić information content (AvgIpc) is 2.00. The SMILES string of the molecule is COCC(N)CN(C)C(=O)OC(C)(C)C. The van der Waals surface area contributed by atoms with E-state index < -0.39 is 5.60 Å². The predicted molar refractivity (Wildman–Crippen MR) is 58.7 cm³/mol. The molecule has 90 valence electrons. The molecule has 0 rings (SSSR count). The number of ether oxygens (including phenoxy) is 2. The van der Waals surface area contributed by atoms with Gasteiger partial charge < -0.3 is 20.1 Å². The highest BCUT2D eigenvalue weighted by atomic mass is 16.6. The van der Waals surface area contributed by atoms with Crippen LogP contribution in [-0.2, 0) is 9.47 Å². The molecule has 2 N–H and O–H groups in total. The molecule has 0 bridgehead atoms. The Labute approximate surface area is 91.5 Å². The third-order valence-electron chi connectivity index (χ3n) is 1.59. The van der Waals surface area contributed by atoms with Crippen molar-refractivity contribution >= 4 is 6.09 Å². The molecule has 0 aromatic heterocycles. The van der Waals surface area contributed by atoms with Gasteiger partial charge in [0, 0.05) is 26.7 Å². The van der Waals surface area contributed by atoms with E-state index in [1.165, 1.54) is 4.90 Å². The van der Waals surface area contributed by atoms with E-state index in [0.29, 0.717) is 13.2 Å². The van der Waals surface area contributed by atoms with Gasteiger partial charge in [0.25, 0.3) is 0 Å². The first-order valence-electron chi connectivity index (χ1n) is 4.95. The summed E-state index contributed by atoms with van der Waals surface area (Å²) in [6.45, 7) is 6.32. The Morgan fingerprint density at radius 3 is 2.40 bits per heavy atom. The Balaban J connectivity index is 3.99. The minimum atomic E-state index is -0.476. The molecule has 15 heavy (non-hydrogen) atoms. The van der Waals surface area contributed by atoms with Gasteiger partial charge >= 0.3 is 6.09 Å². The summed E-state index contributed by atoms with van der Waals surface area (Å²) in [5, 5.41) is 0. The lowest BCUT2D eigenvalue weighted by molar-refractivity contribution is 0.0273. The second kappa shape index (κ2) is 5.92. The van der Waals surface area contributed by atoms with E-state index in [1.54, 1.807) is 14.2 Å². The highest BCUT2D eigenvalue weighted by molar-refractivity contribution is 5.67. The van der Waals surface area contributed by atoms with Crippen LogP contribution in [0.15, 0.2) is 0 Å². The second-order valence-corrected chi connectivity index (χ2v) is 4.58. The minimum Gasteiger partial charge on any atom is -0.444 e. The maximum atomic E-state index is 11.5. The summed E-state index contributed by atoms with van der Waals surface area (Å²) in [6.07, 6.45) is -0.367. The number of nitrogens with two attached hydrogens (primary N) is 1. The number of methoxy groups -OCH3 is 1. The Morgan fingerprint density at radius 2 is 2.00 bits per heavy atom. The Kier molecular flexibility index (Phi) is 5.60. The number of amides is 1. The van der Waals surface area contributed by atoms with Crippen molar-refractivity contribution < 1.29 is 14.3 Å². The molecule has 0 fully saturated rings. The molecular formula is C10H22N2O3. The highest BCUT2D eigenvalue weighted by Crippen LogP contribution is 2.08. The van der Waals surface area contributed by atoms with Crippen LogP contribution in [0, 0.1) is 0 Å². The second-order valence-electron chi connectivity index (χ2n) is 4.58. The molecule has 0 radical (unpaired) electrons. The van der Waals surface area contributed by atoms with E-state index in [9.17, 15) is 4.79 Å². The minimum absolute atomic E-state index is 0.187. The molecule has 0 heterocycles. The van der Waals surface area contributed by atoms with Crippen LogP contribution in [0.5, 0.6) is 0 Å². The first-order chi connectivity index (χ1) is 6.76. The van der Waals surface area contributed by atoms with Crippen LogP contribution in [-0.4, -0.2) is 49.9 Å². The van der Waals surface area contributed by atoms with Crippen molar-refractivity contribution in [3.63, 3.8) is 0 Å². The van der Waals surface area contributed by atoms with Gasteiger partial charge in [0.1, 0.15) is 5.60 Å². The number of hydrogen-bond donors (Lipinski definition) is 1. The Bertz CT molecular complexity index is 201. The molecule has 0 saturated carbocycles. The normalized spacial score (nSPS) is 13.5. The van der Waals surface area contributed by atoms with Crippen molar-refractivity contribution in [3.05, 3.63) is 0 Å². The van der Waals surface area contributed by atoms with Crippen LogP contribution in [0.1, 0.15) is 20.8 Å². The van der Waals surface area contributed by atoms with Crippen molar-refractivity contribution in [1.29, 1.82) is 0 Å². The van der Waals surface area contributed by atoms with E-state index in [1.807, 2.05) is 20.8 Å². The first kappa shape index (κ1) is 14.2. The van der Waals surface area contributed by atoms with Crippen LogP contribution >= 0.6 is 0 Å². The fourth-order valence-electron chi connectivity index (χ4n) is 1.03. The number of likely N-dealkylation sites (N-methyl/N-ethyl adjacent to an activating group) is 1. The number of nitrogens with zero attached hydrogens (tertiary/aromatic N) is 1. The third-order valence-corrected chi connectivity index (χ3v) is 1.59. The summed E-state index contributed by atoms with van der Waals surface area (Å²) in [4.78, 5) is 13.0. The van der Waals surface area contributed by atoms with E-state index in [2.05, 4.69) is 0 Å². The molecule has 0 aromatic carbocycles. The van der Waals surface area contributed by atoms with Gasteiger partial charge in [-0.3, -0.25) is 0 Å². The van der Waals surface area contributed by atoms with Crippen LogP contribution < -0.4 is 5.73 Å². The molecule has 5 nitrogen and oxygen atoms in total. The molecule has 0 aliphatic rings. The van der Waals surface area contributed by atoms with Crippen LogP contribution in [0.2, 0.25) is 0 Å². The molecule has 1 amide bonds. The fraction of sp³-hybridized carbons (Fsp3) is 0.900. The van der Waals surface area contributed by atoms with Crippen LogP contribution in [0.3, 0.4) is 0 Å². The Morgan fingerprint density at radius 1 is 1.47 bits per heavy atom. The van der Waals surface area contributed by atoms with Gasteiger partial charge in [-0.2, -0.15) is 0 Å². The van der Waals surface area contributed by atoms with Crippen molar-refractivity contribution in [2.75, 3.05) is 27.3 Å². The lowest BCUT2D eigenvalue weighted by Crippen LogP contribution is -2.43. The van der Waals surface area contributed by atoms with Crippen LogP contribution in [0.25, 0.3) is 0 Å². The zero-order valence-electron chi connectivity index (χ0n) is 10.2. The first-order valence-corrected chi connectivity index (χ1v) is 4.95. The zero-order chi connectivity index (χ0) is 12.1. The maximum absolute atomic E-state index is 11.5. The molecule has 1 unspecified atom stereocenters. The largest absolute Gasteiger partial charge is 0.444 e.